The number of nitrogens with one attached hydrogen (secondary N) is 1. The number of hydrogen-bond acceptors (Lipinski definition) is 5. The number of aromatic nitrogens is 3. The van der Waals surface area contributed by atoms with Crippen molar-refractivity contribution in [3.05, 3.63) is 29.2 Å². The second-order valence-corrected chi connectivity index (χ2v) is 7.14. The standard InChI is InChI=1S/C16H20N4S/c1-2-4-12(3-1)19-10-14-15(11-5-6-11)20-16(21-14)13-9-17-7-8-18-13/h7-9,11-12,19H,1-6,10H2. The molecule has 2 aromatic rings. The molecule has 0 radical (unpaired) electrons. The Morgan fingerprint density at radius 3 is 2.71 bits per heavy atom. The lowest BCUT2D eigenvalue weighted by Gasteiger charge is -2.11. The first-order valence-electron chi connectivity index (χ1n) is 7.89. The third kappa shape index (κ3) is 2.99. The molecule has 0 bridgehead atoms. The van der Waals surface area contributed by atoms with Crippen LogP contribution >= 0.6 is 11.3 Å². The van der Waals surface area contributed by atoms with Crippen LogP contribution in [-0.4, -0.2) is 21.0 Å². The minimum Gasteiger partial charge on any atom is -0.309 e. The van der Waals surface area contributed by atoms with Gasteiger partial charge in [-0.15, -0.1) is 11.3 Å². The van der Waals surface area contributed by atoms with Crippen LogP contribution in [0.4, 0.5) is 0 Å². The van der Waals surface area contributed by atoms with Crippen LogP contribution in [0.2, 0.25) is 0 Å². The summed E-state index contributed by atoms with van der Waals surface area (Å²) in [6, 6.07) is 0.708. The lowest BCUT2D eigenvalue weighted by molar-refractivity contribution is 0.525. The highest BCUT2D eigenvalue weighted by molar-refractivity contribution is 7.15. The molecule has 4 rings (SSSR count). The molecule has 21 heavy (non-hydrogen) atoms. The zero-order chi connectivity index (χ0) is 14.1. The molecule has 2 aliphatic rings. The number of rotatable bonds is 5. The Hall–Kier alpha value is -1.33. The van der Waals surface area contributed by atoms with Crippen molar-refractivity contribution >= 4 is 11.3 Å². The van der Waals surface area contributed by atoms with E-state index in [1.807, 2.05) is 6.20 Å². The molecule has 4 nitrogen and oxygen atoms in total. The van der Waals surface area contributed by atoms with Gasteiger partial charge in [0.05, 0.1) is 11.9 Å². The molecule has 0 saturated heterocycles. The van der Waals surface area contributed by atoms with Crippen LogP contribution in [0.1, 0.15) is 55.0 Å². The maximum atomic E-state index is 4.86. The van der Waals surface area contributed by atoms with Gasteiger partial charge in [-0.2, -0.15) is 0 Å². The van der Waals surface area contributed by atoms with Crippen LogP contribution in [0.5, 0.6) is 0 Å². The van der Waals surface area contributed by atoms with Gasteiger partial charge in [0.1, 0.15) is 10.7 Å². The summed E-state index contributed by atoms with van der Waals surface area (Å²) in [6.07, 6.45) is 13.2. The zero-order valence-corrected chi connectivity index (χ0v) is 12.9. The van der Waals surface area contributed by atoms with Crippen molar-refractivity contribution in [2.75, 3.05) is 0 Å². The fourth-order valence-corrected chi connectivity index (χ4v) is 4.11. The van der Waals surface area contributed by atoms with Crippen molar-refractivity contribution < 1.29 is 0 Å². The summed E-state index contributed by atoms with van der Waals surface area (Å²) in [4.78, 5) is 14.8. The molecule has 0 aromatic carbocycles. The predicted octanol–water partition coefficient (Wildman–Crippen LogP) is 3.51. The highest BCUT2D eigenvalue weighted by atomic mass is 32.1. The van der Waals surface area contributed by atoms with E-state index in [0.29, 0.717) is 12.0 Å². The monoisotopic (exact) mass is 300 g/mol. The topological polar surface area (TPSA) is 50.7 Å². The quantitative estimate of drug-likeness (QED) is 0.918. The van der Waals surface area contributed by atoms with Crippen molar-refractivity contribution in [3.8, 4) is 10.7 Å². The zero-order valence-electron chi connectivity index (χ0n) is 12.1. The van der Waals surface area contributed by atoms with Crippen molar-refractivity contribution in [2.45, 2.75) is 57.0 Å². The van der Waals surface area contributed by atoms with Crippen LogP contribution in [0, 0.1) is 0 Å². The summed E-state index contributed by atoms with van der Waals surface area (Å²) in [5.74, 6) is 0.687. The SMILES string of the molecule is c1cnc(-c2nc(C3CC3)c(CNC3CCCC3)s2)cn1. The molecule has 2 aliphatic carbocycles. The summed E-state index contributed by atoms with van der Waals surface area (Å²) in [5, 5.41) is 4.74. The van der Waals surface area contributed by atoms with Crippen molar-refractivity contribution in [3.63, 3.8) is 0 Å². The maximum absolute atomic E-state index is 4.86. The van der Waals surface area contributed by atoms with E-state index in [1.165, 1.54) is 49.1 Å². The van der Waals surface area contributed by atoms with Gasteiger partial charge in [0.25, 0.3) is 0 Å². The Kier molecular flexibility index (Phi) is 3.69. The molecule has 0 unspecified atom stereocenters. The molecule has 0 atom stereocenters. The Morgan fingerprint density at radius 1 is 1.14 bits per heavy atom. The summed E-state index contributed by atoms with van der Waals surface area (Å²) in [6.45, 7) is 0.967. The molecule has 0 spiro atoms. The van der Waals surface area contributed by atoms with E-state index in [0.717, 1.165) is 17.2 Å². The number of nitrogens with zero attached hydrogens (tertiary/aromatic N) is 3. The van der Waals surface area contributed by atoms with Gasteiger partial charge >= 0.3 is 0 Å². The lowest BCUT2D eigenvalue weighted by atomic mass is 10.2. The number of hydrogen-bond donors (Lipinski definition) is 1. The van der Waals surface area contributed by atoms with Crippen molar-refractivity contribution in [2.24, 2.45) is 0 Å². The van der Waals surface area contributed by atoms with E-state index >= 15 is 0 Å². The van der Waals surface area contributed by atoms with E-state index in [2.05, 4.69) is 15.3 Å². The second-order valence-electron chi connectivity index (χ2n) is 6.05. The van der Waals surface area contributed by atoms with E-state index in [-0.39, 0.29) is 0 Å². The summed E-state index contributed by atoms with van der Waals surface area (Å²) >= 11 is 1.79. The van der Waals surface area contributed by atoms with E-state index in [9.17, 15) is 0 Å². The van der Waals surface area contributed by atoms with E-state index < -0.39 is 0 Å². The normalized spacial score (nSPS) is 19.2. The summed E-state index contributed by atoms with van der Waals surface area (Å²) < 4.78 is 0. The Morgan fingerprint density at radius 2 is 2.00 bits per heavy atom. The molecule has 1 N–H and O–H groups in total. The highest BCUT2D eigenvalue weighted by Gasteiger charge is 2.30. The molecule has 2 fully saturated rings. The van der Waals surface area contributed by atoms with Crippen molar-refractivity contribution in [1.29, 1.82) is 0 Å². The Balaban J connectivity index is 1.55. The molecule has 2 heterocycles. The third-order valence-corrected chi connectivity index (χ3v) is 5.47. The van der Waals surface area contributed by atoms with Crippen LogP contribution in [-0.2, 0) is 6.54 Å². The minimum absolute atomic E-state index is 0.687. The van der Waals surface area contributed by atoms with E-state index in [1.54, 1.807) is 23.7 Å². The Labute approximate surface area is 129 Å². The highest BCUT2D eigenvalue weighted by Crippen LogP contribution is 2.44. The Bertz CT molecular complexity index is 600. The molecular formula is C16H20N4S. The van der Waals surface area contributed by atoms with Gasteiger partial charge in [-0.25, -0.2) is 4.98 Å². The first kappa shape index (κ1) is 13.3. The maximum Gasteiger partial charge on any atom is 0.144 e. The molecule has 0 aliphatic heterocycles. The molecule has 0 amide bonds. The molecule has 2 aromatic heterocycles. The molecule has 5 heteroatoms. The van der Waals surface area contributed by atoms with Gasteiger partial charge in [0, 0.05) is 35.8 Å². The van der Waals surface area contributed by atoms with Crippen molar-refractivity contribution in [1.82, 2.24) is 20.3 Å². The first-order chi connectivity index (χ1) is 10.4. The van der Waals surface area contributed by atoms with Gasteiger partial charge in [-0.3, -0.25) is 9.97 Å². The van der Waals surface area contributed by atoms with Crippen LogP contribution in [0.3, 0.4) is 0 Å². The lowest BCUT2D eigenvalue weighted by Crippen LogP contribution is -2.25. The summed E-state index contributed by atoms with van der Waals surface area (Å²) in [5.41, 5.74) is 2.21. The predicted molar refractivity (Wildman–Crippen MR) is 84.2 cm³/mol. The third-order valence-electron chi connectivity index (χ3n) is 4.38. The van der Waals surface area contributed by atoms with Gasteiger partial charge in [0.2, 0.25) is 0 Å². The average Bonchev–Trinajstić information content (AvgIpc) is 3.08. The fourth-order valence-electron chi connectivity index (χ4n) is 3.05. The molecule has 2 saturated carbocycles. The first-order valence-corrected chi connectivity index (χ1v) is 8.71. The number of thiazole rings is 1. The van der Waals surface area contributed by atoms with Crippen LogP contribution in [0.15, 0.2) is 18.6 Å². The van der Waals surface area contributed by atoms with Gasteiger partial charge in [-0.1, -0.05) is 12.8 Å². The summed E-state index contributed by atoms with van der Waals surface area (Å²) in [7, 11) is 0. The fraction of sp³-hybridized carbons (Fsp3) is 0.562. The molecular weight excluding hydrogens is 280 g/mol. The van der Waals surface area contributed by atoms with E-state index in [4.69, 9.17) is 4.98 Å². The largest absolute Gasteiger partial charge is 0.309 e. The van der Waals surface area contributed by atoms with Gasteiger partial charge in [0.15, 0.2) is 0 Å². The van der Waals surface area contributed by atoms with Crippen LogP contribution in [0.25, 0.3) is 10.7 Å². The molecule has 110 valence electrons. The van der Waals surface area contributed by atoms with Gasteiger partial charge in [-0.05, 0) is 25.7 Å². The smallest absolute Gasteiger partial charge is 0.144 e. The average molecular weight is 300 g/mol. The minimum atomic E-state index is 0.687. The van der Waals surface area contributed by atoms with Gasteiger partial charge < -0.3 is 5.32 Å². The second kappa shape index (κ2) is 5.81. The van der Waals surface area contributed by atoms with Crippen LogP contribution < -0.4 is 5.32 Å².